The van der Waals surface area contributed by atoms with Crippen molar-refractivity contribution >= 4 is 17.5 Å². The Morgan fingerprint density at radius 2 is 1.86 bits per heavy atom. The standard InChI is InChI=1S/C15H20F2N2O3/c1-2-3-8-22-9-4-7-18-14(20)15(21)19-13-10-11(16)5-6-12(13)17/h5-6,10H,2-4,7-9H2,1H3,(H,18,20)(H,19,21). The van der Waals surface area contributed by atoms with Crippen LogP contribution in [-0.2, 0) is 14.3 Å². The summed E-state index contributed by atoms with van der Waals surface area (Å²) in [6.07, 6.45) is 2.60. The first-order valence-electron chi connectivity index (χ1n) is 7.16. The molecule has 2 N–H and O–H groups in total. The maximum Gasteiger partial charge on any atom is 0.313 e. The number of halogens is 2. The van der Waals surface area contributed by atoms with Crippen LogP contribution in [-0.4, -0.2) is 31.6 Å². The molecule has 122 valence electrons. The van der Waals surface area contributed by atoms with Gasteiger partial charge < -0.3 is 15.4 Å². The molecular weight excluding hydrogens is 294 g/mol. The van der Waals surface area contributed by atoms with Crippen molar-refractivity contribution in [3.63, 3.8) is 0 Å². The third-order valence-electron chi connectivity index (χ3n) is 2.78. The largest absolute Gasteiger partial charge is 0.381 e. The van der Waals surface area contributed by atoms with E-state index in [0.717, 1.165) is 31.0 Å². The van der Waals surface area contributed by atoms with Gasteiger partial charge in [0.15, 0.2) is 0 Å². The lowest BCUT2D eigenvalue weighted by Gasteiger charge is -2.07. The molecule has 0 aromatic heterocycles. The van der Waals surface area contributed by atoms with Gasteiger partial charge in [-0.3, -0.25) is 9.59 Å². The molecule has 0 aliphatic carbocycles. The molecule has 0 unspecified atom stereocenters. The van der Waals surface area contributed by atoms with Gasteiger partial charge in [-0.2, -0.15) is 0 Å². The number of hydrogen-bond donors (Lipinski definition) is 2. The minimum absolute atomic E-state index is 0.268. The highest BCUT2D eigenvalue weighted by atomic mass is 19.1. The minimum atomic E-state index is -1.04. The van der Waals surface area contributed by atoms with E-state index in [2.05, 4.69) is 12.2 Å². The van der Waals surface area contributed by atoms with Gasteiger partial charge in [-0.05, 0) is 25.0 Å². The molecular formula is C15H20F2N2O3. The third-order valence-corrected chi connectivity index (χ3v) is 2.78. The van der Waals surface area contributed by atoms with Crippen molar-refractivity contribution in [1.29, 1.82) is 0 Å². The Kier molecular flexibility index (Phi) is 8.06. The molecule has 0 fully saturated rings. The summed E-state index contributed by atoms with van der Waals surface area (Å²) in [4.78, 5) is 23.0. The van der Waals surface area contributed by atoms with Crippen LogP contribution in [0.15, 0.2) is 18.2 Å². The Balaban J connectivity index is 2.27. The fourth-order valence-corrected chi connectivity index (χ4v) is 1.58. The van der Waals surface area contributed by atoms with Gasteiger partial charge in [0.1, 0.15) is 11.6 Å². The van der Waals surface area contributed by atoms with Crippen molar-refractivity contribution < 1.29 is 23.1 Å². The number of rotatable bonds is 8. The second-order valence-electron chi connectivity index (χ2n) is 4.65. The molecule has 0 atom stereocenters. The third kappa shape index (κ3) is 6.62. The predicted molar refractivity (Wildman–Crippen MR) is 78.3 cm³/mol. The second-order valence-corrected chi connectivity index (χ2v) is 4.65. The number of nitrogens with one attached hydrogen (secondary N) is 2. The van der Waals surface area contributed by atoms with E-state index in [9.17, 15) is 18.4 Å². The summed E-state index contributed by atoms with van der Waals surface area (Å²) in [6.45, 7) is 3.48. The minimum Gasteiger partial charge on any atom is -0.381 e. The topological polar surface area (TPSA) is 67.4 Å². The monoisotopic (exact) mass is 314 g/mol. The van der Waals surface area contributed by atoms with Gasteiger partial charge in [0.05, 0.1) is 5.69 Å². The maximum atomic E-state index is 13.3. The fourth-order valence-electron chi connectivity index (χ4n) is 1.58. The lowest BCUT2D eigenvalue weighted by molar-refractivity contribution is -0.136. The summed E-state index contributed by atoms with van der Waals surface area (Å²) in [5, 5.41) is 4.40. The molecule has 0 saturated heterocycles. The Morgan fingerprint density at radius 1 is 1.14 bits per heavy atom. The quantitative estimate of drug-likeness (QED) is 0.571. The Hall–Kier alpha value is -2.02. The SMILES string of the molecule is CCCCOCCCNC(=O)C(=O)Nc1cc(F)ccc1F. The van der Waals surface area contributed by atoms with Crippen LogP contribution in [0, 0.1) is 11.6 Å². The average Bonchev–Trinajstić information content (AvgIpc) is 2.49. The lowest BCUT2D eigenvalue weighted by Crippen LogP contribution is -2.36. The van der Waals surface area contributed by atoms with E-state index in [1.807, 2.05) is 5.32 Å². The highest BCUT2D eigenvalue weighted by Gasteiger charge is 2.15. The summed E-state index contributed by atoms with van der Waals surface area (Å²) < 4.78 is 31.6. The molecule has 0 radical (unpaired) electrons. The molecule has 22 heavy (non-hydrogen) atoms. The number of ether oxygens (including phenoxy) is 1. The molecule has 0 heterocycles. The van der Waals surface area contributed by atoms with Crippen molar-refractivity contribution in [2.45, 2.75) is 26.2 Å². The molecule has 5 nitrogen and oxygen atoms in total. The number of unbranched alkanes of at least 4 members (excludes halogenated alkanes) is 1. The molecule has 1 aromatic carbocycles. The summed E-state index contributed by atoms with van der Waals surface area (Å²) >= 11 is 0. The van der Waals surface area contributed by atoms with E-state index in [1.54, 1.807) is 0 Å². The number of carbonyl (C=O) groups excluding carboxylic acids is 2. The summed E-state index contributed by atoms with van der Waals surface area (Å²) in [5.74, 6) is -3.47. The number of carbonyl (C=O) groups is 2. The van der Waals surface area contributed by atoms with Crippen LogP contribution < -0.4 is 10.6 Å². The van der Waals surface area contributed by atoms with Crippen molar-refractivity contribution in [3.05, 3.63) is 29.8 Å². The van der Waals surface area contributed by atoms with Gasteiger partial charge in [-0.1, -0.05) is 13.3 Å². The fraction of sp³-hybridized carbons (Fsp3) is 0.467. The number of hydrogen-bond acceptors (Lipinski definition) is 3. The van der Waals surface area contributed by atoms with Crippen molar-refractivity contribution in [2.24, 2.45) is 0 Å². The zero-order valence-corrected chi connectivity index (χ0v) is 12.5. The first-order chi connectivity index (χ1) is 10.5. The van der Waals surface area contributed by atoms with Crippen LogP contribution in [0.25, 0.3) is 0 Å². The molecule has 1 aromatic rings. The summed E-state index contributed by atoms with van der Waals surface area (Å²) in [6, 6.07) is 2.60. The van der Waals surface area contributed by atoms with E-state index >= 15 is 0 Å². The Morgan fingerprint density at radius 3 is 2.59 bits per heavy atom. The molecule has 1 rings (SSSR count). The highest BCUT2D eigenvalue weighted by molar-refractivity contribution is 6.39. The lowest BCUT2D eigenvalue weighted by atomic mass is 10.3. The summed E-state index contributed by atoms with van der Waals surface area (Å²) in [7, 11) is 0. The van der Waals surface area contributed by atoms with E-state index in [4.69, 9.17) is 4.74 Å². The van der Waals surface area contributed by atoms with Gasteiger partial charge in [-0.15, -0.1) is 0 Å². The van der Waals surface area contributed by atoms with Crippen LogP contribution in [0.2, 0.25) is 0 Å². The van der Waals surface area contributed by atoms with Gasteiger partial charge in [0.25, 0.3) is 0 Å². The van der Waals surface area contributed by atoms with E-state index in [1.165, 1.54) is 0 Å². The summed E-state index contributed by atoms with van der Waals surface area (Å²) in [5.41, 5.74) is -0.372. The van der Waals surface area contributed by atoms with Crippen LogP contribution in [0.4, 0.5) is 14.5 Å². The highest BCUT2D eigenvalue weighted by Crippen LogP contribution is 2.14. The van der Waals surface area contributed by atoms with Crippen LogP contribution in [0.5, 0.6) is 0 Å². The van der Waals surface area contributed by atoms with E-state index in [-0.39, 0.29) is 12.2 Å². The van der Waals surface area contributed by atoms with E-state index in [0.29, 0.717) is 19.6 Å². The average molecular weight is 314 g/mol. The van der Waals surface area contributed by atoms with Crippen LogP contribution in [0.1, 0.15) is 26.2 Å². The van der Waals surface area contributed by atoms with Crippen LogP contribution >= 0.6 is 0 Å². The molecule has 0 aliphatic rings. The number of benzene rings is 1. The molecule has 0 aliphatic heterocycles. The van der Waals surface area contributed by atoms with Crippen molar-refractivity contribution in [1.82, 2.24) is 5.32 Å². The van der Waals surface area contributed by atoms with Crippen LogP contribution in [0.3, 0.4) is 0 Å². The maximum absolute atomic E-state index is 13.3. The second kappa shape index (κ2) is 9.83. The number of amides is 2. The molecule has 2 amide bonds. The first kappa shape index (κ1) is 18.0. The van der Waals surface area contributed by atoms with Gasteiger partial charge in [0, 0.05) is 25.8 Å². The first-order valence-corrected chi connectivity index (χ1v) is 7.16. The predicted octanol–water partition coefficient (Wildman–Crippen LogP) is 2.23. The van der Waals surface area contributed by atoms with E-state index < -0.39 is 23.4 Å². The van der Waals surface area contributed by atoms with Gasteiger partial charge in [-0.25, -0.2) is 8.78 Å². The molecule has 0 saturated carbocycles. The normalized spacial score (nSPS) is 10.3. The zero-order chi connectivity index (χ0) is 16.4. The smallest absolute Gasteiger partial charge is 0.313 e. The zero-order valence-electron chi connectivity index (χ0n) is 12.5. The Labute approximate surface area is 128 Å². The molecule has 0 spiro atoms. The van der Waals surface area contributed by atoms with Gasteiger partial charge in [0.2, 0.25) is 0 Å². The number of anilines is 1. The van der Waals surface area contributed by atoms with Gasteiger partial charge >= 0.3 is 11.8 Å². The van der Waals surface area contributed by atoms with Crippen molar-refractivity contribution in [3.8, 4) is 0 Å². The Bertz CT molecular complexity index is 510. The van der Waals surface area contributed by atoms with Crippen molar-refractivity contribution in [2.75, 3.05) is 25.1 Å². The molecule has 7 heteroatoms. The molecule has 0 bridgehead atoms.